The number of phenols is 6. The molecule has 0 unspecified atom stereocenters. The van der Waals surface area contributed by atoms with Gasteiger partial charge in [-0.15, -0.1) is 16.4 Å². The number of furan rings is 1. The lowest BCUT2D eigenvalue weighted by molar-refractivity contribution is -0.143. The number of aromatic nitrogens is 9. The molecule has 0 saturated carbocycles. The molecule has 0 amide bonds. The zero-order chi connectivity index (χ0) is 102. The Kier molecular flexibility index (Phi) is 28.2. The second kappa shape index (κ2) is 40.9. The summed E-state index contributed by atoms with van der Waals surface area (Å²) in [7, 11) is 5.01. The van der Waals surface area contributed by atoms with Gasteiger partial charge in [0.2, 0.25) is 0 Å². The fourth-order valence-corrected chi connectivity index (χ4v) is 17.1. The van der Waals surface area contributed by atoms with E-state index in [2.05, 4.69) is 72.6 Å². The number of halogens is 6. The number of thiazole rings is 1. The molecule has 7 heterocycles. The highest BCUT2D eigenvalue weighted by molar-refractivity contribution is 7.15. The molecular formula is C113H85F6N15O8S. The Morgan fingerprint density at radius 2 is 0.804 bits per heavy atom. The van der Waals surface area contributed by atoms with Gasteiger partial charge in [-0.1, -0.05) is 120 Å². The van der Waals surface area contributed by atoms with Crippen molar-refractivity contribution in [1.82, 2.24) is 44.5 Å². The fourth-order valence-electron chi connectivity index (χ4n) is 16.2. The summed E-state index contributed by atoms with van der Waals surface area (Å²) in [5.41, 5.74) is 22.4. The van der Waals surface area contributed by atoms with Crippen LogP contribution in [0.15, 0.2) is 264 Å². The van der Waals surface area contributed by atoms with E-state index in [0.29, 0.717) is 83.7 Å². The van der Waals surface area contributed by atoms with Crippen LogP contribution < -0.4 is 0 Å². The van der Waals surface area contributed by atoms with E-state index in [0.717, 1.165) is 155 Å². The van der Waals surface area contributed by atoms with Crippen LogP contribution in [0.25, 0.3) is 183 Å². The average Bonchev–Trinajstić information content (AvgIpc) is 1.37. The van der Waals surface area contributed by atoms with Crippen LogP contribution in [0.2, 0.25) is 0 Å². The van der Waals surface area contributed by atoms with Crippen LogP contribution in [0, 0.1) is 102 Å². The van der Waals surface area contributed by atoms with Gasteiger partial charge in [0.05, 0.1) is 85.3 Å². The van der Waals surface area contributed by atoms with Gasteiger partial charge in [-0.2, -0.15) is 31.4 Å². The predicted octanol–water partition coefficient (Wildman–Crippen LogP) is 31.5. The van der Waals surface area contributed by atoms with Gasteiger partial charge in [-0.25, -0.2) is 38.7 Å². The van der Waals surface area contributed by atoms with Crippen molar-refractivity contribution in [2.75, 3.05) is 0 Å². The van der Waals surface area contributed by atoms with Crippen LogP contribution in [-0.2, 0) is 33.5 Å². The molecule has 0 atom stereocenters. The predicted molar refractivity (Wildman–Crippen MR) is 549 cm³/mol. The number of aromatic hydroxyl groups is 6. The lowest BCUT2D eigenvalue weighted by Crippen LogP contribution is -2.10. The van der Waals surface area contributed by atoms with Gasteiger partial charge in [0.1, 0.15) is 62.0 Å². The summed E-state index contributed by atoms with van der Waals surface area (Å²) >= 11 is 1.69. The van der Waals surface area contributed by atoms with Crippen LogP contribution in [0.3, 0.4) is 0 Å². The van der Waals surface area contributed by atoms with Gasteiger partial charge in [0.25, 0.3) is 0 Å². The zero-order valence-corrected chi connectivity index (χ0v) is 79.5. The summed E-state index contributed by atoms with van der Waals surface area (Å²) in [6, 6.07) is 70.3. The van der Waals surface area contributed by atoms with Crippen molar-refractivity contribution in [2.45, 2.75) is 74.7 Å². The number of alkyl halides is 6. The second-order valence-corrected chi connectivity index (χ2v) is 35.0. The Labute approximate surface area is 819 Å². The van der Waals surface area contributed by atoms with Crippen molar-refractivity contribution < 1.29 is 65.9 Å². The molecule has 7 aromatic heterocycles. The van der Waals surface area contributed by atoms with Gasteiger partial charge in [-0.05, 0) is 306 Å². The molecule has 0 spiro atoms. The molecule has 21 rings (SSSR count). The zero-order valence-electron chi connectivity index (χ0n) is 78.7. The standard InChI is InChI=1S/C18H13F3N2O.C17H11F3N2O.C16H13N3O.C16H12N2S.C16H11NO2.C15H12N4O.C15H13NO2/c1-10-4-5-11(7-15(10)24)14-9-13(22-2)6-12-8-16(18(19,20)21)23(3)17(12)14;1-9-3-4-10(6-14(9)23)13-8-12(21-2)5-11-7-15(17(18,19)20)22-16(11)13;1-10-4-5-11(6-16(10)20)13-7-12(17-2)8-15-14(13)9-18-19(15)3;1-10-11(2)19-16(18-10)15-9-13(17-3)8-12-6-4-5-7-14(12)15;1-10-3-4-11(8-15(10)18)14-9-13(17-2)7-12-5-6-19-16(12)14;1-9-4-5-10(6-14(9)20)12-7-11(16-2)8-13-15(12)19(3)18-17-13;1-9-6-7-11(8-14(9)17)13-5-3-4-12-10(2)16-18-15(12)13/h4-9,24H,1,3H3;3-8,22-23H,1H3;4-9,20H,1,3H3;4-9H,1-2H3;3-9,18H,1H3;4-8,20H,1,3H3;3-8,17H,1-2H3. The first kappa shape index (κ1) is 98.8. The molecule has 21 aromatic rings. The molecule has 14 aromatic carbocycles. The van der Waals surface area contributed by atoms with E-state index < -0.39 is 23.7 Å². The van der Waals surface area contributed by atoms with E-state index >= 15 is 0 Å². The van der Waals surface area contributed by atoms with Crippen LogP contribution in [-0.4, -0.2) is 75.1 Å². The summed E-state index contributed by atoms with van der Waals surface area (Å²) in [5, 5.41) is 82.2. The van der Waals surface area contributed by atoms with E-state index in [4.69, 9.17) is 48.4 Å². The molecule has 0 aliphatic heterocycles. The molecule has 0 aliphatic rings. The van der Waals surface area contributed by atoms with E-state index in [-0.39, 0.29) is 45.6 Å². The van der Waals surface area contributed by atoms with E-state index in [1.54, 1.807) is 126 Å². The minimum absolute atomic E-state index is 0.0477. The third-order valence-corrected chi connectivity index (χ3v) is 25.3. The Balaban J connectivity index is 0.000000126. The minimum Gasteiger partial charge on any atom is -0.508 e. The number of aryl methyl sites for hydroxylation is 12. The maximum Gasteiger partial charge on any atom is 0.431 e. The first-order valence-corrected chi connectivity index (χ1v) is 44.7. The molecule has 0 fully saturated rings. The quantitative estimate of drug-likeness (QED) is 0.0579. The van der Waals surface area contributed by atoms with Gasteiger partial charge in [0, 0.05) is 58.9 Å². The van der Waals surface area contributed by atoms with Crippen LogP contribution >= 0.6 is 11.3 Å². The monoisotopic (exact) mass is 1930 g/mol. The maximum absolute atomic E-state index is 13.2. The van der Waals surface area contributed by atoms with Crippen molar-refractivity contribution in [3.63, 3.8) is 0 Å². The smallest absolute Gasteiger partial charge is 0.431 e. The first-order chi connectivity index (χ1) is 68.2. The molecule has 708 valence electrons. The van der Waals surface area contributed by atoms with Crippen molar-refractivity contribution in [3.8, 4) is 112 Å². The fraction of sp³-hybridized carbons (Fsp3) is 0.124. The van der Waals surface area contributed by atoms with Gasteiger partial charge < -0.3 is 49.1 Å². The minimum atomic E-state index is -4.50. The van der Waals surface area contributed by atoms with Gasteiger partial charge >= 0.3 is 12.4 Å². The molecular weight excluding hydrogens is 1840 g/mol. The Bertz CT molecular complexity index is 8860. The lowest BCUT2D eigenvalue weighted by Gasteiger charge is -2.12. The summed E-state index contributed by atoms with van der Waals surface area (Å²) in [5.74, 6) is 1.13. The number of hydrogen-bond acceptors (Lipinski definition) is 14. The largest absolute Gasteiger partial charge is 0.508 e. The SMILES string of the molecule is Cc1ccc(-c2cccc3c(C)noc23)cc1O.[C-]#[N+]c1cc(-c2ccc(C)c(O)c2)c2[nH]c(C(F)(F)F)cc2c1.[C-]#[N+]c1cc(-c2ccc(C)c(O)c2)c2c(c1)cc(C(F)(F)F)n2C.[C-]#[N+]c1cc(-c2ccc(C)c(O)c2)c2c(c1)nnn2C.[C-]#[N+]c1cc(-c2ccc(C)c(O)c2)c2cnn(C)c2c1.[C-]#[N+]c1cc(-c2ccc(C)c(O)c2)c2occc2c1.[C-]#[N+]c1cc(-c2nc(C)c(C)s2)c2ccccc2c1. The normalized spacial score (nSPS) is 11.0. The Morgan fingerprint density at radius 1 is 0.371 bits per heavy atom. The number of benzene rings is 14. The van der Waals surface area contributed by atoms with Crippen molar-refractivity contribution >= 4 is 122 Å². The highest BCUT2D eigenvalue weighted by atomic mass is 32.1. The molecule has 0 aliphatic carbocycles. The number of hydrogen-bond donors (Lipinski definition) is 7. The topological polar surface area (TPSA) is 269 Å². The van der Waals surface area contributed by atoms with Gasteiger partial charge in [0.15, 0.2) is 39.7 Å². The van der Waals surface area contributed by atoms with E-state index in [1.165, 1.54) is 42.3 Å². The van der Waals surface area contributed by atoms with Crippen LogP contribution in [0.1, 0.15) is 61.0 Å². The number of H-pyrrole nitrogens is 1. The van der Waals surface area contributed by atoms with Crippen LogP contribution in [0.4, 0.5) is 60.5 Å². The first-order valence-electron chi connectivity index (χ1n) is 43.9. The number of phenolic OH excluding ortho intramolecular Hbond substituents is 6. The summed E-state index contributed by atoms with van der Waals surface area (Å²) < 4.78 is 93.7. The summed E-state index contributed by atoms with van der Waals surface area (Å²) in [4.78, 5) is 28.9. The molecule has 30 heteroatoms. The maximum atomic E-state index is 13.2. The molecule has 7 N–H and O–H groups in total. The summed E-state index contributed by atoms with van der Waals surface area (Å²) in [6.07, 6.45) is -5.59. The third kappa shape index (κ3) is 21.1. The highest BCUT2D eigenvalue weighted by Crippen LogP contribution is 2.46. The van der Waals surface area contributed by atoms with Crippen molar-refractivity contribution in [2.24, 2.45) is 21.1 Å². The highest BCUT2D eigenvalue weighted by Gasteiger charge is 2.36. The van der Waals surface area contributed by atoms with Gasteiger partial charge in [-0.3, -0.25) is 4.68 Å². The number of rotatable bonds is 7. The molecule has 143 heavy (non-hydrogen) atoms. The van der Waals surface area contributed by atoms with Crippen LogP contribution in [0.5, 0.6) is 34.5 Å². The number of aromatic amines is 1. The van der Waals surface area contributed by atoms with E-state index in [9.17, 15) is 57.0 Å². The molecule has 0 saturated heterocycles. The molecule has 0 bridgehead atoms. The lowest BCUT2D eigenvalue weighted by atomic mass is 9.99. The number of para-hydroxylation sites is 1. The number of nitrogens with zero attached hydrogens (tertiary/aromatic N) is 14. The number of fused-ring (bicyclic) bond motifs is 7. The van der Waals surface area contributed by atoms with E-state index in [1.807, 2.05) is 171 Å². The average molecular weight is 1930 g/mol. The Hall–Kier alpha value is -18.8. The molecule has 23 nitrogen and oxygen atoms in total. The van der Waals surface area contributed by atoms with Crippen molar-refractivity contribution in [1.29, 1.82) is 0 Å². The Morgan fingerprint density at radius 3 is 1.31 bits per heavy atom. The second-order valence-electron chi connectivity index (χ2n) is 33.8. The van der Waals surface area contributed by atoms with Crippen molar-refractivity contribution in [3.05, 3.63) is 385 Å². The number of nitrogens with one attached hydrogen (secondary N) is 1. The summed E-state index contributed by atoms with van der Waals surface area (Å²) in [6.45, 7) is 60.0. The third-order valence-electron chi connectivity index (χ3n) is 24.2. The molecule has 0 radical (unpaired) electrons.